The van der Waals surface area contributed by atoms with E-state index in [9.17, 15) is 9.59 Å². The minimum atomic E-state index is -0.261. The van der Waals surface area contributed by atoms with Crippen molar-refractivity contribution in [2.75, 3.05) is 18.4 Å². The van der Waals surface area contributed by atoms with Crippen molar-refractivity contribution in [3.63, 3.8) is 0 Å². The van der Waals surface area contributed by atoms with Crippen LogP contribution in [0.4, 0.5) is 5.69 Å². The number of carbonyl (C=O) groups excluding carboxylic acids is 2. The highest BCUT2D eigenvalue weighted by Crippen LogP contribution is 2.12. The Labute approximate surface area is 120 Å². The molecule has 0 aliphatic rings. The Morgan fingerprint density at radius 3 is 2.15 bits per heavy atom. The molecule has 20 heavy (non-hydrogen) atoms. The Kier molecular flexibility index (Phi) is 6.50. The maximum Gasteiger partial charge on any atom is 0.253 e. The largest absolute Gasteiger partial charge is 0.339 e. The Morgan fingerprint density at radius 1 is 1.15 bits per heavy atom. The maximum absolute atomic E-state index is 12.3. The fraction of sp³-hybridized carbons (Fsp3) is 0.375. The van der Waals surface area contributed by atoms with Gasteiger partial charge in [0.15, 0.2) is 0 Å². The van der Waals surface area contributed by atoms with E-state index < -0.39 is 0 Å². The highest BCUT2D eigenvalue weighted by Gasteiger charge is 2.13. The predicted molar refractivity (Wildman–Crippen MR) is 81.8 cm³/mol. The lowest BCUT2D eigenvalue weighted by molar-refractivity contribution is -0.111. The summed E-state index contributed by atoms with van der Waals surface area (Å²) in [5.74, 6) is -0.224. The van der Waals surface area contributed by atoms with Gasteiger partial charge in [0.2, 0.25) is 5.91 Å². The minimum Gasteiger partial charge on any atom is -0.339 e. The van der Waals surface area contributed by atoms with Gasteiger partial charge in [0.25, 0.3) is 5.91 Å². The molecule has 2 amide bonds. The lowest BCUT2D eigenvalue weighted by Crippen LogP contribution is -2.32. The first kappa shape index (κ1) is 16.0. The number of rotatable bonds is 7. The van der Waals surface area contributed by atoms with Crippen LogP contribution in [0.1, 0.15) is 37.0 Å². The second kappa shape index (κ2) is 8.15. The summed E-state index contributed by atoms with van der Waals surface area (Å²) in [6.45, 7) is 9.04. The van der Waals surface area contributed by atoms with Gasteiger partial charge in [-0.15, -0.1) is 0 Å². The molecule has 4 nitrogen and oxygen atoms in total. The fourth-order valence-corrected chi connectivity index (χ4v) is 1.93. The molecule has 0 bridgehead atoms. The third-order valence-corrected chi connectivity index (χ3v) is 2.86. The summed E-state index contributed by atoms with van der Waals surface area (Å²) >= 11 is 0. The van der Waals surface area contributed by atoms with Gasteiger partial charge in [0.1, 0.15) is 0 Å². The lowest BCUT2D eigenvalue weighted by Gasteiger charge is -2.21. The Hall–Kier alpha value is -2.10. The first-order valence-electron chi connectivity index (χ1n) is 6.95. The van der Waals surface area contributed by atoms with Gasteiger partial charge in [0, 0.05) is 24.3 Å². The van der Waals surface area contributed by atoms with Crippen LogP contribution in [0, 0.1) is 0 Å². The van der Waals surface area contributed by atoms with Crippen molar-refractivity contribution in [1.82, 2.24) is 4.90 Å². The Morgan fingerprint density at radius 2 is 1.70 bits per heavy atom. The van der Waals surface area contributed by atoms with E-state index in [4.69, 9.17) is 0 Å². The van der Waals surface area contributed by atoms with Gasteiger partial charge in [0.05, 0.1) is 0 Å². The van der Waals surface area contributed by atoms with Gasteiger partial charge in [-0.2, -0.15) is 0 Å². The first-order chi connectivity index (χ1) is 9.62. The number of hydrogen-bond donors (Lipinski definition) is 1. The molecule has 0 saturated heterocycles. The van der Waals surface area contributed by atoms with Crippen molar-refractivity contribution in [3.05, 3.63) is 42.5 Å². The van der Waals surface area contributed by atoms with E-state index in [0.29, 0.717) is 11.3 Å². The minimum absolute atomic E-state index is 0.0373. The van der Waals surface area contributed by atoms with Crippen LogP contribution < -0.4 is 5.32 Å². The van der Waals surface area contributed by atoms with Crippen molar-refractivity contribution < 1.29 is 9.59 Å². The molecule has 0 radical (unpaired) electrons. The van der Waals surface area contributed by atoms with Crippen molar-refractivity contribution in [2.45, 2.75) is 26.7 Å². The first-order valence-corrected chi connectivity index (χ1v) is 6.95. The molecule has 4 heteroatoms. The molecular formula is C16H22N2O2. The smallest absolute Gasteiger partial charge is 0.253 e. The van der Waals surface area contributed by atoms with E-state index in [1.165, 1.54) is 6.08 Å². The van der Waals surface area contributed by atoms with Gasteiger partial charge in [-0.3, -0.25) is 9.59 Å². The van der Waals surface area contributed by atoms with Crippen molar-refractivity contribution >= 4 is 17.5 Å². The van der Waals surface area contributed by atoms with Crippen LogP contribution in [-0.4, -0.2) is 29.8 Å². The molecule has 0 atom stereocenters. The highest BCUT2D eigenvalue weighted by molar-refractivity contribution is 5.99. The van der Waals surface area contributed by atoms with Crippen LogP contribution >= 0.6 is 0 Å². The standard InChI is InChI=1S/C16H22N2O2/c1-4-11-18(12-5-2)16(20)13-7-9-14(10-8-13)17-15(19)6-3/h6-10H,3-5,11-12H2,1-2H3,(H,17,19). The summed E-state index contributed by atoms with van der Waals surface area (Å²) in [6.07, 6.45) is 3.10. The van der Waals surface area contributed by atoms with Crippen molar-refractivity contribution in [3.8, 4) is 0 Å². The Bertz CT molecular complexity index is 460. The summed E-state index contributed by atoms with van der Waals surface area (Å²) in [6, 6.07) is 6.92. The number of nitrogens with zero attached hydrogens (tertiary/aromatic N) is 1. The normalized spacial score (nSPS) is 9.90. The van der Waals surface area contributed by atoms with E-state index in [0.717, 1.165) is 25.9 Å². The van der Waals surface area contributed by atoms with Crippen LogP contribution in [-0.2, 0) is 4.79 Å². The molecule has 0 aliphatic heterocycles. The summed E-state index contributed by atoms with van der Waals surface area (Å²) in [7, 11) is 0. The monoisotopic (exact) mass is 274 g/mol. The molecule has 0 unspecified atom stereocenters. The maximum atomic E-state index is 12.3. The fourth-order valence-electron chi connectivity index (χ4n) is 1.93. The summed E-state index contributed by atoms with van der Waals surface area (Å²) in [5.41, 5.74) is 1.30. The van der Waals surface area contributed by atoms with Crippen LogP contribution in [0.5, 0.6) is 0 Å². The van der Waals surface area contributed by atoms with Crippen LogP contribution in [0.2, 0.25) is 0 Å². The number of nitrogens with one attached hydrogen (secondary N) is 1. The highest BCUT2D eigenvalue weighted by atomic mass is 16.2. The molecule has 0 saturated carbocycles. The summed E-state index contributed by atoms with van der Waals surface area (Å²) in [5, 5.41) is 2.66. The van der Waals surface area contributed by atoms with Gasteiger partial charge in [-0.05, 0) is 43.2 Å². The molecule has 0 aromatic heterocycles. The average Bonchev–Trinajstić information content (AvgIpc) is 2.47. The van der Waals surface area contributed by atoms with Gasteiger partial charge < -0.3 is 10.2 Å². The molecule has 1 aromatic rings. The Balaban J connectivity index is 2.77. The molecule has 108 valence electrons. The topological polar surface area (TPSA) is 49.4 Å². The molecule has 1 aromatic carbocycles. The molecule has 1 N–H and O–H groups in total. The quantitative estimate of drug-likeness (QED) is 0.777. The number of carbonyl (C=O) groups is 2. The second-order valence-corrected chi connectivity index (χ2v) is 4.56. The lowest BCUT2D eigenvalue weighted by atomic mass is 10.1. The second-order valence-electron chi connectivity index (χ2n) is 4.56. The van der Waals surface area contributed by atoms with E-state index in [-0.39, 0.29) is 11.8 Å². The zero-order valence-corrected chi connectivity index (χ0v) is 12.2. The zero-order chi connectivity index (χ0) is 15.0. The number of anilines is 1. The molecular weight excluding hydrogens is 252 g/mol. The van der Waals surface area contributed by atoms with E-state index in [1.54, 1.807) is 24.3 Å². The molecule has 1 rings (SSSR count). The van der Waals surface area contributed by atoms with Gasteiger partial charge >= 0.3 is 0 Å². The molecule has 0 aliphatic carbocycles. The third kappa shape index (κ3) is 4.53. The van der Waals surface area contributed by atoms with E-state index >= 15 is 0 Å². The van der Waals surface area contributed by atoms with Gasteiger partial charge in [-0.1, -0.05) is 20.4 Å². The third-order valence-electron chi connectivity index (χ3n) is 2.86. The summed E-state index contributed by atoms with van der Waals surface area (Å²) in [4.78, 5) is 25.4. The summed E-state index contributed by atoms with van der Waals surface area (Å²) < 4.78 is 0. The van der Waals surface area contributed by atoms with Gasteiger partial charge in [-0.25, -0.2) is 0 Å². The van der Waals surface area contributed by atoms with Crippen molar-refractivity contribution in [2.24, 2.45) is 0 Å². The predicted octanol–water partition coefficient (Wildman–Crippen LogP) is 3.07. The molecule has 0 fully saturated rings. The number of hydrogen-bond acceptors (Lipinski definition) is 2. The molecule has 0 spiro atoms. The van der Waals surface area contributed by atoms with E-state index in [2.05, 4.69) is 25.7 Å². The van der Waals surface area contributed by atoms with Crippen LogP contribution in [0.25, 0.3) is 0 Å². The van der Waals surface area contributed by atoms with Crippen LogP contribution in [0.3, 0.4) is 0 Å². The van der Waals surface area contributed by atoms with E-state index in [1.807, 2.05) is 4.90 Å². The number of amides is 2. The SMILES string of the molecule is C=CC(=O)Nc1ccc(C(=O)N(CCC)CCC)cc1. The molecule has 0 heterocycles. The number of benzene rings is 1. The zero-order valence-electron chi connectivity index (χ0n) is 12.2. The average molecular weight is 274 g/mol. The van der Waals surface area contributed by atoms with Crippen molar-refractivity contribution in [1.29, 1.82) is 0 Å². The van der Waals surface area contributed by atoms with Crippen LogP contribution in [0.15, 0.2) is 36.9 Å².